The Labute approximate surface area is 116 Å². The molecule has 0 aromatic carbocycles. The Morgan fingerprint density at radius 1 is 1.37 bits per heavy atom. The van der Waals surface area contributed by atoms with Gasteiger partial charge in [0.2, 0.25) is 0 Å². The first kappa shape index (κ1) is 13.9. The molecule has 0 fully saturated rings. The Hall–Kier alpha value is -1.56. The molecule has 1 aliphatic rings. The van der Waals surface area contributed by atoms with Gasteiger partial charge in [-0.25, -0.2) is 4.98 Å². The molecule has 0 spiro atoms. The number of nitriles is 1. The van der Waals surface area contributed by atoms with Gasteiger partial charge in [0, 0.05) is 18.8 Å². The van der Waals surface area contributed by atoms with Crippen molar-refractivity contribution >= 4 is 5.82 Å². The molecule has 0 radical (unpaired) electrons. The molecule has 0 bridgehead atoms. The van der Waals surface area contributed by atoms with Crippen LogP contribution in [0.25, 0.3) is 0 Å². The van der Waals surface area contributed by atoms with Gasteiger partial charge in [0.25, 0.3) is 0 Å². The van der Waals surface area contributed by atoms with Crippen molar-refractivity contribution in [1.29, 1.82) is 5.26 Å². The number of anilines is 1. The highest BCUT2D eigenvalue weighted by Gasteiger charge is 2.27. The lowest BCUT2D eigenvalue weighted by Crippen LogP contribution is -2.40. The van der Waals surface area contributed by atoms with Crippen molar-refractivity contribution in [3.05, 3.63) is 22.9 Å². The lowest BCUT2D eigenvalue weighted by Gasteiger charge is -2.36. The Morgan fingerprint density at radius 2 is 2.05 bits per heavy atom. The molecular formula is C16H23N3. The highest BCUT2D eigenvalue weighted by molar-refractivity contribution is 5.57. The van der Waals surface area contributed by atoms with Gasteiger partial charge in [-0.05, 0) is 43.2 Å². The van der Waals surface area contributed by atoms with Crippen LogP contribution in [0.4, 0.5) is 5.82 Å². The van der Waals surface area contributed by atoms with Crippen molar-refractivity contribution in [2.24, 2.45) is 5.41 Å². The number of aromatic nitrogens is 1. The number of hydrogen-bond donors (Lipinski definition) is 0. The van der Waals surface area contributed by atoms with Crippen molar-refractivity contribution in [2.75, 3.05) is 11.9 Å². The zero-order valence-electron chi connectivity index (χ0n) is 12.6. The summed E-state index contributed by atoms with van der Waals surface area (Å²) in [6, 6.07) is 4.67. The van der Waals surface area contributed by atoms with Gasteiger partial charge < -0.3 is 4.90 Å². The molecule has 3 heteroatoms. The predicted molar refractivity (Wildman–Crippen MR) is 78.3 cm³/mol. The molecule has 3 nitrogen and oxygen atoms in total. The van der Waals surface area contributed by atoms with E-state index in [0.29, 0.717) is 11.6 Å². The maximum Gasteiger partial charge on any atom is 0.146 e. The van der Waals surface area contributed by atoms with Crippen LogP contribution in [0.1, 0.15) is 50.9 Å². The fraction of sp³-hybridized carbons (Fsp3) is 0.625. The summed E-state index contributed by atoms with van der Waals surface area (Å²) >= 11 is 0. The van der Waals surface area contributed by atoms with Crippen LogP contribution in [-0.2, 0) is 12.8 Å². The molecule has 1 atom stereocenters. The summed E-state index contributed by atoms with van der Waals surface area (Å²) in [4.78, 5) is 6.91. The lowest BCUT2D eigenvalue weighted by molar-refractivity contribution is 0.328. The van der Waals surface area contributed by atoms with Crippen LogP contribution >= 0.6 is 0 Å². The minimum Gasteiger partial charge on any atom is -0.355 e. The number of aryl methyl sites for hydroxylation is 2. The van der Waals surface area contributed by atoms with Gasteiger partial charge in [-0.1, -0.05) is 20.8 Å². The molecule has 1 unspecified atom stereocenters. The third kappa shape index (κ3) is 2.58. The van der Waals surface area contributed by atoms with Crippen molar-refractivity contribution in [2.45, 2.75) is 53.0 Å². The quantitative estimate of drug-likeness (QED) is 0.816. The van der Waals surface area contributed by atoms with Gasteiger partial charge in [-0.3, -0.25) is 0 Å². The summed E-state index contributed by atoms with van der Waals surface area (Å²) in [5.41, 5.74) is 3.31. The molecule has 0 saturated carbocycles. The van der Waals surface area contributed by atoms with Gasteiger partial charge in [-0.15, -0.1) is 0 Å². The first-order chi connectivity index (χ1) is 8.84. The maximum absolute atomic E-state index is 9.37. The third-order valence-corrected chi connectivity index (χ3v) is 4.32. The van der Waals surface area contributed by atoms with Crippen molar-refractivity contribution in [3.63, 3.8) is 0 Å². The average Bonchev–Trinajstić information content (AvgIpc) is 2.81. The van der Waals surface area contributed by atoms with E-state index < -0.39 is 0 Å². The average molecular weight is 257 g/mol. The fourth-order valence-corrected chi connectivity index (χ4v) is 2.58. The number of nitrogens with zero attached hydrogens (tertiary/aromatic N) is 3. The van der Waals surface area contributed by atoms with Crippen LogP contribution < -0.4 is 4.90 Å². The molecule has 0 aliphatic heterocycles. The topological polar surface area (TPSA) is 39.9 Å². The summed E-state index contributed by atoms with van der Waals surface area (Å²) in [6.07, 6.45) is 3.27. The van der Waals surface area contributed by atoms with E-state index in [4.69, 9.17) is 4.98 Å². The summed E-state index contributed by atoms with van der Waals surface area (Å²) in [5.74, 6) is 0.838. The first-order valence-corrected chi connectivity index (χ1v) is 7.00. The minimum absolute atomic E-state index is 0.155. The van der Waals surface area contributed by atoms with E-state index in [1.165, 1.54) is 11.3 Å². The fourth-order valence-electron chi connectivity index (χ4n) is 2.58. The van der Waals surface area contributed by atoms with Crippen LogP contribution in [0.5, 0.6) is 0 Å². The molecular weight excluding hydrogens is 234 g/mol. The van der Waals surface area contributed by atoms with Crippen molar-refractivity contribution in [1.82, 2.24) is 4.98 Å². The van der Waals surface area contributed by atoms with Crippen LogP contribution in [0.15, 0.2) is 6.07 Å². The monoisotopic (exact) mass is 257 g/mol. The summed E-state index contributed by atoms with van der Waals surface area (Å²) in [7, 11) is 2.04. The van der Waals surface area contributed by atoms with E-state index >= 15 is 0 Å². The SMILES string of the molecule is CC(N(C)c1nc2c(cc1C#N)CCC2)C(C)(C)C. The standard InChI is InChI=1S/C16H23N3/c1-11(16(2,3)4)19(5)15-13(10-17)9-12-7-6-8-14(12)18-15/h9,11H,6-8H2,1-5H3. The lowest BCUT2D eigenvalue weighted by atomic mass is 9.87. The van der Waals surface area contributed by atoms with Gasteiger partial charge in [0.05, 0.1) is 5.56 Å². The molecule has 1 aromatic heterocycles. The Balaban J connectivity index is 2.42. The molecule has 1 aliphatic carbocycles. The largest absolute Gasteiger partial charge is 0.355 e. The second-order valence-electron chi connectivity index (χ2n) is 6.58. The van der Waals surface area contributed by atoms with E-state index in [1.54, 1.807) is 0 Å². The highest BCUT2D eigenvalue weighted by atomic mass is 15.2. The normalized spacial score (nSPS) is 15.8. The first-order valence-electron chi connectivity index (χ1n) is 7.00. The third-order valence-electron chi connectivity index (χ3n) is 4.32. The van der Waals surface area contributed by atoms with E-state index in [-0.39, 0.29) is 5.41 Å². The van der Waals surface area contributed by atoms with Crippen LogP contribution in [0, 0.1) is 16.7 Å². The number of hydrogen-bond acceptors (Lipinski definition) is 3. The Morgan fingerprint density at radius 3 is 2.63 bits per heavy atom. The van der Waals surface area contributed by atoms with Gasteiger partial charge >= 0.3 is 0 Å². The van der Waals surface area contributed by atoms with Gasteiger partial charge in [-0.2, -0.15) is 5.26 Å². The van der Waals surface area contributed by atoms with E-state index in [0.717, 1.165) is 25.1 Å². The smallest absolute Gasteiger partial charge is 0.146 e. The molecule has 0 amide bonds. The summed E-state index contributed by atoms with van der Waals surface area (Å²) in [6.45, 7) is 8.84. The highest BCUT2D eigenvalue weighted by Crippen LogP contribution is 2.31. The molecule has 0 N–H and O–H groups in total. The predicted octanol–water partition coefficient (Wildman–Crippen LogP) is 3.31. The molecule has 2 rings (SSSR count). The minimum atomic E-state index is 0.155. The molecule has 1 aromatic rings. The number of rotatable bonds is 2. The molecule has 102 valence electrons. The molecule has 1 heterocycles. The van der Waals surface area contributed by atoms with Crippen molar-refractivity contribution in [3.8, 4) is 6.07 Å². The maximum atomic E-state index is 9.37. The zero-order valence-corrected chi connectivity index (χ0v) is 12.6. The Bertz CT molecular complexity index is 520. The van der Waals surface area contributed by atoms with Crippen LogP contribution in [0.2, 0.25) is 0 Å². The Kier molecular flexibility index (Phi) is 3.54. The van der Waals surface area contributed by atoms with Gasteiger partial charge in [0.1, 0.15) is 11.9 Å². The molecule has 19 heavy (non-hydrogen) atoms. The molecule has 0 saturated heterocycles. The zero-order chi connectivity index (χ0) is 14.2. The van der Waals surface area contributed by atoms with E-state index in [9.17, 15) is 5.26 Å². The van der Waals surface area contributed by atoms with Gasteiger partial charge in [0.15, 0.2) is 0 Å². The van der Waals surface area contributed by atoms with E-state index in [2.05, 4.69) is 38.7 Å². The summed E-state index contributed by atoms with van der Waals surface area (Å²) < 4.78 is 0. The second kappa shape index (κ2) is 4.85. The van der Waals surface area contributed by atoms with Crippen LogP contribution in [-0.4, -0.2) is 18.1 Å². The second-order valence-corrected chi connectivity index (χ2v) is 6.58. The summed E-state index contributed by atoms with van der Waals surface area (Å²) in [5, 5.41) is 9.37. The van der Waals surface area contributed by atoms with Crippen LogP contribution in [0.3, 0.4) is 0 Å². The number of pyridine rings is 1. The van der Waals surface area contributed by atoms with Crippen molar-refractivity contribution < 1.29 is 0 Å². The number of fused-ring (bicyclic) bond motifs is 1. The van der Waals surface area contributed by atoms with E-state index in [1.807, 2.05) is 13.1 Å².